The zero-order chi connectivity index (χ0) is 19.2. The van der Waals surface area contributed by atoms with E-state index in [-0.39, 0.29) is 18.3 Å². The summed E-state index contributed by atoms with van der Waals surface area (Å²) in [5, 5.41) is 11.1. The lowest BCUT2D eigenvalue weighted by atomic mass is 10.1. The number of hydrogen-bond donors (Lipinski definition) is 1. The fourth-order valence-electron chi connectivity index (χ4n) is 2.39. The van der Waals surface area contributed by atoms with Gasteiger partial charge in [0.2, 0.25) is 5.91 Å². The van der Waals surface area contributed by atoms with Crippen molar-refractivity contribution in [2.45, 2.75) is 25.7 Å². The maximum absolute atomic E-state index is 12.1. The first kappa shape index (κ1) is 19.7. The summed E-state index contributed by atoms with van der Waals surface area (Å²) in [6.07, 6.45) is 0. The summed E-state index contributed by atoms with van der Waals surface area (Å²) in [4.78, 5) is 12.1. The van der Waals surface area contributed by atoms with Crippen LogP contribution in [-0.4, -0.2) is 21.9 Å². The molecule has 3 aromatic rings. The average molecular weight is 495 g/mol. The minimum absolute atomic E-state index is 0.129. The Morgan fingerprint density at radius 2 is 1.93 bits per heavy atom. The van der Waals surface area contributed by atoms with E-state index in [4.69, 9.17) is 9.15 Å². The van der Waals surface area contributed by atoms with Gasteiger partial charge in [0.15, 0.2) is 6.61 Å². The molecule has 1 amide bonds. The predicted molar refractivity (Wildman–Crippen MR) is 113 cm³/mol. The van der Waals surface area contributed by atoms with Crippen LogP contribution in [0.1, 0.15) is 17.0 Å². The van der Waals surface area contributed by atoms with E-state index >= 15 is 0 Å². The number of carbonyl (C=O) groups is 1. The van der Waals surface area contributed by atoms with Crippen molar-refractivity contribution in [2.24, 2.45) is 0 Å². The molecule has 3 rings (SSSR count). The molecule has 0 aliphatic rings. The molecule has 1 aromatic heterocycles. The normalized spacial score (nSPS) is 10.6. The Kier molecular flexibility index (Phi) is 6.73. The topological polar surface area (TPSA) is 77.2 Å². The van der Waals surface area contributed by atoms with Crippen molar-refractivity contribution in [3.05, 3.63) is 63.1 Å². The van der Waals surface area contributed by atoms with Gasteiger partial charge < -0.3 is 14.5 Å². The zero-order valence-corrected chi connectivity index (χ0v) is 17.8. The summed E-state index contributed by atoms with van der Waals surface area (Å²) in [6, 6.07) is 13.6. The summed E-state index contributed by atoms with van der Waals surface area (Å²) >= 11 is 3.37. The molecule has 0 atom stereocenters. The van der Waals surface area contributed by atoms with Crippen LogP contribution in [0.2, 0.25) is 0 Å². The molecule has 0 aliphatic carbocycles. The highest BCUT2D eigenvalue weighted by molar-refractivity contribution is 14.1. The number of para-hydroxylation sites is 1. The summed E-state index contributed by atoms with van der Waals surface area (Å²) in [5.41, 5.74) is 3.05. The van der Waals surface area contributed by atoms with Gasteiger partial charge in [-0.3, -0.25) is 4.79 Å². The van der Waals surface area contributed by atoms with Gasteiger partial charge in [-0.2, -0.15) is 0 Å². The van der Waals surface area contributed by atoms with Gasteiger partial charge >= 0.3 is 0 Å². The van der Waals surface area contributed by atoms with Crippen molar-refractivity contribution in [1.29, 1.82) is 0 Å². The molecule has 0 saturated heterocycles. The van der Waals surface area contributed by atoms with Gasteiger partial charge in [0, 0.05) is 3.57 Å². The smallest absolute Gasteiger partial charge is 0.277 e. The Morgan fingerprint density at radius 3 is 2.67 bits per heavy atom. The van der Waals surface area contributed by atoms with E-state index < -0.39 is 0 Å². The van der Waals surface area contributed by atoms with Gasteiger partial charge in [0.25, 0.3) is 11.1 Å². The molecule has 1 N–H and O–H groups in total. The van der Waals surface area contributed by atoms with Crippen LogP contribution in [0.5, 0.6) is 5.75 Å². The zero-order valence-electron chi connectivity index (χ0n) is 14.9. The molecule has 6 nitrogen and oxygen atoms in total. The lowest BCUT2D eigenvalue weighted by molar-refractivity contribution is -0.113. The number of aryl methyl sites for hydroxylation is 2. The van der Waals surface area contributed by atoms with Gasteiger partial charge in [-0.15, -0.1) is 10.2 Å². The Morgan fingerprint density at radius 1 is 1.19 bits per heavy atom. The first-order chi connectivity index (χ1) is 13.0. The Labute approximate surface area is 175 Å². The molecule has 8 heteroatoms. The van der Waals surface area contributed by atoms with E-state index in [9.17, 15) is 4.79 Å². The molecule has 2 aromatic carbocycles. The second-order valence-corrected chi connectivity index (χ2v) is 7.98. The molecule has 27 heavy (non-hydrogen) atoms. The van der Waals surface area contributed by atoms with Crippen molar-refractivity contribution in [2.75, 3.05) is 11.1 Å². The standard InChI is InChI=1S/C19H18IN3O3S/c1-12-7-13(2)9-14(8-12)25-10-18-22-23-19(26-18)27-11-17(24)21-16-6-4-3-5-15(16)20/h3-9H,10-11H2,1-2H3,(H,21,24). The number of amides is 1. The molecule has 0 fully saturated rings. The molecule has 1 heterocycles. The highest BCUT2D eigenvalue weighted by Gasteiger charge is 2.11. The summed E-state index contributed by atoms with van der Waals surface area (Å²) in [7, 11) is 0. The van der Waals surface area contributed by atoms with Gasteiger partial charge in [-0.25, -0.2) is 0 Å². The van der Waals surface area contributed by atoms with Crippen molar-refractivity contribution in [1.82, 2.24) is 10.2 Å². The van der Waals surface area contributed by atoms with E-state index in [1.807, 2.05) is 50.2 Å². The third-order valence-corrected chi connectivity index (χ3v) is 5.24. The van der Waals surface area contributed by atoms with Crippen LogP contribution in [0.4, 0.5) is 5.69 Å². The summed E-state index contributed by atoms with van der Waals surface area (Å²) in [5.74, 6) is 1.19. The van der Waals surface area contributed by atoms with E-state index in [2.05, 4.69) is 44.2 Å². The van der Waals surface area contributed by atoms with Gasteiger partial charge in [-0.05, 0) is 71.8 Å². The second-order valence-electron chi connectivity index (χ2n) is 5.89. The Hall–Kier alpha value is -2.07. The minimum atomic E-state index is -0.129. The van der Waals surface area contributed by atoms with Gasteiger partial charge in [0.1, 0.15) is 5.75 Å². The summed E-state index contributed by atoms with van der Waals surface area (Å²) in [6.45, 7) is 4.22. The number of aromatic nitrogens is 2. The molecular weight excluding hydrogens is 477 g/mol. The lowest BCUT2D eigenvalue weighted by Crippen LogP contribution is -2.14. The molecule has 0 unspecified atom stereocenters. The Balaban J connectivity index is 1.49. The number of halogens is 1. The fraction of sp³-hybridized carbons (Fsp3) is 0.211. The van der Waals surface area contributed by atoms with Gasteiger partial charge in [0.05, 0.1) is 11.4 Å². The largest absolute Gasteiger partial charge is 0.484 e. The van der Waals surface area contributed by atoms with Crippen molar-refractivity contribution >= 4 is 45.9 Å². The number of thioether (sulfide) groups is 1. The predicted octanol–water partition coefficient (Wildman–Crippen LogP) is 4.60. The molecule has 0 spiro atoms. The van der Waals surface area contributed by atoms with Crippen LogP contribution in [-0.2, 0) is 11.4 Å². The van der Waals surface area contributed by atoms with Gasteiger partial charge in [-0.1, -0.05) is 30.0 Å². The number of nitrogens with zero attached hydrogens (tertiary/aromatic N) is 2. The molecule has 0 aliphatic heterocycles. The first-order valence-electron chi connectivity index (χ1n) is 8.20. The van der Waals surface area contributed by atoms with Crippen LogP contribution in [0.3, 0.4) is 0 Å². The molecule has 0 bridgehead atoms. The molecule has 0 saturated carbocycles. The number of rotatable bonds is 7. The van der Waals surface area contributed by atoms with E-state index in [1.165, 1.54) is 11.8 Å². The molecular formula is C19H18IN3O3S. The number of ether oxygens (including phenoxy) is 1. The SMILES string of the molecule is Cc1cc(C)cc(OCc2nnc(SCC(=O)Nc3ccccc3I)o2)c1. The number of benzene rings is 2. The number of anilines is 1. The molecule has 140 valence electrons. The quantitative estimate of drug-likeness (QED) is 0.382. The van der Waals surface area contributed by atoms with Crippen LogP contribution < -0.4 is 10.1 Å². The van der Waals surface area contributed by atoms with Crippen molar-refractivity contribution in [3.63, 3.8) is 0 Å². The fourth-order valence-corrected chi connectivity index (χ4v) is 3.49. The van der Waals surface area contributed by atoms with Crippen molar-refractivity contribution < 1.29 is 13.9 Å². The maximum Gasteiger partial charge on any atom is 0.277 e. The Bertz CT molecular complexity index is 925. The van der Waals surface area contributed by atoms with E-state index in [0.29, 0.717) is 11.1 Å². The third-order valence-electron chi connectivity index (χ3n) is 3.48. The third kappa shape index (κ3) is 5.96. The van der Waals surface area contributed by atoms with E-state index in [0.717, 1.165) is 26.1 Å². The van der Waals surface area contributed by atoms with Crippen LogP contribution in [0.15, 0.2) is 52.1 Å². The van der Waals surface area contributed by atoms with Crippen LogP contribution >= 0.6 is 34.4 Å². The van der Waals surface area contributed by atoms with Crippen LogP contribution in [0.25, 0.3) is 0 Å². The van der Waals surface area contributed by atoms with Crippen LogP contribution in [0, 0.1) is 17.4 Å². The minimum Gasteiger partial charge on any atom is -0.484 e. The molecule has 0 radical (unpaired) electrons. The number of hydrogen-bond acceptors (Lipinski definition) is 6. The van der Waals surface area contributed by atoms with E-state index in [1.54, 1.807) is 0 Å². The monoisotopic (exact) mass is 495 g/mol. The first-order valence-corrected chi connectivity index (χ1v) is 10.3. The lowest BCUT2D eigenvalue weighted by Gasteiger charge is -2.06. The number of carbonyl (C=O) groups excluding carboxylic acids is 1. The second kappa shape index (κ2) is 9.23. The summed E-state index contributed by atoms with van der Waals surface area (Å²) < 4.78 is 12.2. The number of nitrogens with one attached hydrogen (secondary N) is 1. The average Bonchev–Trinajstić information content (AvgIpc) is 3.07. The van der Waals surface area contributed by atoms with Crippen molar-refractivity contribution in [3.8, 4) is 5.75 Å². The highest BCUT2D eigenvalue weighted by atomic mass is 127. The maximum atomic E-state index is 12.1. The highest BCUT2D eigenvalue weighted by Crippen LogP contribution is 2.21.